The molecule has 0 bridgehead atoms. The summed E-state index contributed by atoms with van der Waals surface area (Å²) in [6, 6.07) is 22.8. The van der Waals surface area contributed by atoms with Gasteiger partial charge < -0.3 is 14.3 Å². The molecule has 1 aliphatic rings. The van der Waals surface area contributed by atoms with Crippen molar-refractivity contribution in [1.82, 2.24) is 15.0 Å². The van der Waals surface area contributed by atoms with E-state index in [-0.39, 0.29) is 24.2 Å². The Morgan fingerprint density at radius 1 is 1.00 bits per heavy atom. The van der Waals surface area contributed by atoms with Gasteiger partial charge in [0.25, 0.3) is 5.91 Å². The number of hydrogen-bond acceptors (Lipinski definition) is 6. The standard InChI is InChI=1S/C26H21FN4O3/c1-33-29-22-15-23(25-28-24(30-34-25)19-11-13-21(27)14-12-19)31(16-22)26(32)20-9-7-18(8-10-20)17-5-3-2-4-6-17/h2-14,23H,15-16H2,1H3. The number of likely N-dealkylation sites (tertiary alicyclic amines) is 1. The molecule has 1 unspecified atom stereocenters. The van der Waals surface area contributed by atoms with Crippen molar-refractivity contribution >= 4 is 11.6 Å². The van der Waals surface area contributed by atoms with E-state index in [1.54, 1.807) is 17.0 Å². The third kappa shape index (κ3) is 4.30. The zero-order valence-electron chi connectivity index (χ0n) is 18.4. The Labute approximate surface area is 195 Å². The Morgan fingerprint density at radius 3 is 2.38 bits per heavy atom. The van der Waals surface area contributed by atoms with Crippen LogP contribution in [0, 0.1) is 5.82 Å². The van der Waals surface area contributed by atoms with Crippen LogP contribution < -0.4 is 0 Å². The molecule has 4 aromatic rings. The lowest BCUT2D eigenvalue weighted by atomic mass is 10.0. The van der Waals surface area contributed by atoms with Gasteiger partial charge in [-0.3, -0.25) is 4.79 Å². The summed E-state index contributed by atoms with van der Waals surface area (Å²) in [6.45, 7) is 0.284. The van der Waals surface area contributed by atoms with E-state index in [1.807, 2.05) is 54.6 Å². The maximum atomic E-state index is 13.4. The van der Waals surface area contributed by atoms with E-state index in [0.717, 1.165) is 11.1 Å². The fourth-order valence-electron chi connectivity index (χ4n) is 4.02. The van der Waals surface area contributed by atoms with Gasteiger partial charge in [-0.15, -0.1) is 0 Å². The zero-order chi connectivity index (χ0) is 23.5. The first-order chi connectivity index (χ1) is 16.6. The maximum absolute atomic E-state index is 13.4. The van der Waals surface area contributed by atoms with E-state index in [4.69, 9.17) is 9.36 Å². The Kier molecular flexibility index (Phi) is 5.86. The number of aromatic nitrogens is 2. The molecule has 1 aromatic heterocycles. The van der Waals surface area contributed by atoms with Crippen LogP contribution in [0.5, 0.6) is 0 Å². The van der Waals surface area contributed by atoms with Gasteiger partial charge in [0.05, 0.1) is 12.3 Å². The summed E-state index contributed by atoms with van der Waals surface area (Å²) in [4.78, 5) is 24.5. The molecule has 1 saturated heterocycles. The van der Waals surface area contributed by atoms with Crippen LogP contribution in [-0.4, -0.2) is 40.3 Å². The van der Waals surface area contributed by atoms with Gasteiger partial charge in [-0.25, -0.2) is 4.39 Å². The lowest BCUT2D eigenvalue weighted by molar-refractivity contribution is 0.0713. The van der Waals surface area contributed by atoms with Crippen molar-refractivity contribution in [3.05, 3.63) is 96.1 Å². The first kappa shape index (κ1) is 21.5. The van der Waals surface area contributed by atoms with E-state index < -0.39 is 6.04 Å². The van der Waals surface area contributed by atoms with Crippen molar-refractivity contribution in [3.63, 3.8) is 0 Å². The lowest BCUT2D eigenvalue weighted by Gasteiger charge is -2.21. The third-order valence-corrected chi connectivity index (χ3v) is 5.71. The fraction of sp³-hybridized carbons (Fsp3) is 0.154. The molecule has 1 atom stereocenters. The predicted octanol–water partition coefficient (Wildman–Crippen LogP) is 5.13. The van der Waals surface area contributed by atoms with Crippen LogP contribution in [0.4, 0.5) is 4.39 Å². The van der Waals surface area contributed by atoms with Gasteiger partial charge in [0.2, 0.25) is 11.7 Å². The van der Waals surface area contributed by atoms with Crippen LogP contribution in [0.15, 0.2) is 88.5 Å². The van der Waals surface area contributed by atoms with Crippen molar-refractivity contribution < 1.29 is 18.5 Å². The number of halogens is 1. The molecular weight excluding hydrogens is 435 g/mol. The average molecular weight is 456 g/mol. The van der Waals surface area contributed by atoms with Crippen LogP contribution in [0.2, 0.25) is 0 Å². The second-order valence-corrected chi connectivity index (χ2v) is 7.90. The van der Waals surface area contributed by atoms with Gasteiger partial charge >= 0.3 is 0 Å². The highest BCUT2D eigenvalue weighted by molar-refractivity contribution is 6.00. The Balaban J connectivity index is 1.42. The first-order valence-corrected chi connectivity index (χ1v) is 10.8. The molecule has 7 nitrogen and oxygen atoms in total. The van der Waals surface area contributed by atoms with E-state index >= 15 is 0 Å². The normalized spacial score (nSPS) is 16.7. The first-order valence-electron chi connectivity index (χ1n) is 10.8. The third-order valence-electron chi connectivity index (χ3n) is 5.71. The van der Waals surface area contributed by atoms with E-state index in [1.165, 1.54) is 19.2 Å². The highest BCUT2D eigenvalue weighted by Gasteiger charge is 2.38. The van der Waals surface area contributed by atoms with Gasteiger partial charge in [-0.1, -0.05) is 52.8 Å². The maximum Gasteiger partial charge on any atom is 0.254 e. The summed E-state index contributed by atoms with van der Waals surface area (Å²) in [5.74, 6) is 0.0906. The SMILES string of the molecule is CON=C1CC(c2nc(-c3ccc(F)cc3)no2)N(C(=O)c2ccc(-c3ccccc3)cc2)C1. The fourth-order valence-corrected chi connectivity index (χ4v) is 4.02. The predicted molar refractivity (Wildman–Crippen MR) is 124 cm³/mol. The van der Waals surface area contributed by atoms with Crippen LogP contribution in [-0.2, 0) is 4.84 Å². The van der Waals surface area contributed by atoms with Crippen molar-refractivity contribution in [1.29, 1.82) is 0 Å². The van der Waals surface area contributed by atoms with Gasteiger partial charge in [-0.05, 0) is 47.5 Å². The molecule has 2 heterocycles. The summed E-state index contributed by atoms with van der Waals surface area (Å²) >= 11 is 0. The van der Waals surface area contributed by atoms with Crippen molar-refractivity contribution in [2.75, 3.05) is 13.7 Å². The van der Waals surface area contributed by atoms with Crippen molar-refractivity contribution in [2.24, 2.45) is 5.16 Å². The molecule has 0 N–H and O–H groups in total. The summed E-state index contributed by atoms with van der Waals surface area (Å²) < 4.78 is 18.8. The van der Waals surface area contributed by atoms with Crippen molar-refractivity contribution in [2.45, 2.75) is 12.5 Å². The van der Waals surface area contributed by atoms with E-state index in [0.29, 0.717) is 29.1 Å². The molecule has 170 valence electrons. The van der Waals surface area contributed by atoms with E-state index in [2.05, 4.69) is 15.3 Å². The average Bonchev–Trinajstić information content (AvgIpc) is 3.53. The number of hydrogen-bond donors (Lipinski definition) is 0. The monoisotopic (exact) mass is 456 g/mol. The van der Waals surface area contributed by atoms with E-state index in [9.17, 15) is 9.18 Å². The minimum Gasteiger partial charge on any atom is -0.399 e. The molecule has 0 radical (unpaired) electrons. The topological polar surface area (TPSA) is 80.8 Å². The Bertz CT molecular complexity index is 1320. The smallest absolute Gasteiger partial charge is 0.254 e. The number of nitrogens with zero attached hydrogens (tertiary/aromatic N) is 4. The molecule has 1 fully saturated rings. The minimum absolute atomic E-state index is 0.174. The molecule has 1 amide bonds. The Morgan fingerprint density at radius 2 is 1.68 bits per heavy atom. The molecule has 5 rings (SSSR count). The molecule has 0 saturated carbocycles. The number of rotatable bonds is 5. The second kappa shape index (κ2) is 9.27. The molecule has 0 spiro atoms. The molecule has 3 aromatic carbocycles. The van der Waals surface area contributed by atoms with Crippen LogP contribution in [0.25, 0.3) is 22.5 Å². The summed E-state index contributed by atoms with van der Waals surface area (Å²) in [5.41, 5.74) is 3.96. The van der Waals surface area contributed by atoms with Gasteiger partial charge in [0, 0.05) is 17.5 Å². The molecular formula is C26H21FN4O3. The zero-order valence-corrected chi connectivity index (χ0v) is 18.4. The number of carbonyl (C=O) groups excluding carboxylic acids is 1. The number of oxime groups is 1. The number of amides is 1. The van der Waals surface area contributed by atoms with Crippen LogP contribution in [0.3, 0.4) is 0 Å². The molecule has 8 heteroatoms. The summed E-state index contributed by atoms with van der Waals surface area (Å²) in [5, 5.41) is 8.07. The quantitative estimate of drug-likeness (QED) is 0.389. The highest BCUT2D eigenvalue weighted by Crippen LogP contribution is 2.33. The lowest BCUT2D eigenvalue weighted by Crippen LogP contribution is -2.31. The Hall–Kier alpha value is -4.33. The van der Waals surface area contributed by atoms with Crippen LogP contribution >= 0.6 is 0 Å². The van der Waals surface area contributed by atoms with Gasteiger partial charge in [0.15, 0.2) is 0 Å². The van der Waals surface area contributed by atoms with Crippen LogP contribution in [0.1, 0.15) is 28.7 Å². The van der Waals surface area contributed by atoms with Gasteiger partial charge in [0.1, 0.15) is 19.0 Å². The summed E-state index contributed by atoms with van der Waals surface area (Å²) in [6.07, 6.45) is 0.409. The van der Waals surface area contributed by atoms with Gasteiger partial charge in [-0.2, -0.15) is 4.98 Å². The number of carbonyl (C=O) groups is 1. The number of benzene rings is 3. The summed E-state index contributed by atoms with van der Waals surface area (Å²) in [7, 11) is 1.47. The highest BCUT2D eigenvalue weighted by atomic mass is 19.1. The molecule has 34 heavy (non-hydrogen) atoms. The second-order valence-electron chi connectivity index (χ2n) is 7.90. The largest absolute Gasteiger partial charge is 0.399 e. The minimum atomic E-state index is -0.489. The molecule has 0 aliphatic carbocycles. The van der Waals surface area contributed by atoms with Crippen molar-refractivity contribution in [3.8, 4) is 22.5 Å². The molecule has 1 aliphatic heterocycles.